The molecule has 0 unspecified atom stereocenters. The third-order valence-corrected chi connectivity index (χ3v) is 3.03. The van der Waals surface area contributed by atoms with Crippen LogP contribution < -0.4 is 5.73 Å². The van der Waals surface area contributed by atoms with E-state index in [9.17, 15) is 9.59 Å². The average molecular weight is 211 g/mol. The molecular weight excluding hydrogens is 198 g/mol. The second kappa shape index (κ2) is 3.12. The number of aliphatic carboxylic acids is 2. The van der Waals surface area contributed by atoms with Crippen LogP contribution in [-0.2, 0) is 9.59 Å². The molecule has 0 saturated carbocycles. The quantitative estimate of drug-likeness (QED) is 0.620. The van der Waals surface area contributed by atoms with Crippen LogP contribution in [0.4, 0.5) is 0 Å². The number of carboxylic acid groups (broad SMARTS) is 2. The van der Waals surface area contributed by atoms with Gasteiger partial charge >= 0.3 is 11.9 Å². The van der Waals surface area contributed by atoms with Crippen molar-refractivity contribution in [2.75, 3.05) is 0 Å². The van der Waals surface area contributed by atoms with Crippen LogP contribution in [0.3, 0.4) is 0 Å². The van der Waals surface area contributed by atoms with Gasteiger partial charge in [-0.2, -0.15) is 0 Å². The maximum absolute atomic E-state index is 11.1. The Kier molecular flexibility index (Phi) is 2.35. The summed E-state index contributed by atoms with van der Waals surface area (Å²) >= 11 is 0. The molecule has 1 rings (SSSR count). The summed E-state index contributed by atoms with van der Waals surface area (Å²) in [5, 5.41) is 18.2. The molecular formula is C10H13NO4. The van der Waals surface area contributed by atoms with Crippen LogP contribution in [0.25, 0.3) is 0 Å². The monoisotopic (exact) mass is 211 g/mol. The van der Waals surface area contributed by atoms with Gasteiger partial charge in [-0.3, -0.25) is 9.59 Å². The lowest BCUT2D eigenvalue weighted by atomic mass is 9.63. The Bertz CT molecular complexity index is 385. The third kappa shape index (κ3) is 1.40. The lowest BCUT2D eigenvalue weighted by Crippen LogP contribution is -2.48. The standard InChI is InChI=1S/C10H13NO4/c1-9(7(12)13)4-3-6(11)5-10(9,2)8(14)15/h3-5H,11H2,1-2H3,(H,12,13)(H,14,15)/t9-,10-/m1/s1. The SMILES string of the molecule is C[C@]1(C(=O)O)C=CC(N)=C[C@]1(C)C(=O)O. The number of nitrogens with two attached hydrogens (primary N) is 1. The molecule has 0 spiro atoms. The number of carboxylic acids is 2. The van der Waals surface area contributed by atoms with Crippen molar-refractivity contribution >= 4 is 11.9 Å². The number of hydrogen-bond donors (Lipinski definition) is 3. The zero-order chi connectivity index (χ0) is 11.9. The lowest BCUT2D eigenvalue weighted by Gasteiger charge is -2.38. The smallest absolute Gasteiger partial charge is 0.314 e. The van der Waals surface area contributed by atoms with Crippen LogP contribution in [0, 0.1) is 10.8 Å². The van der Waals surface area contributed by atoms with Gasteiger partial charge in [0, 0.05) is 5.70 Å². The zero-order valence-corrected chi connectivity index (χ0v) is 8.52. The first kappa shape index (κ1) is 11.3. The highest BCUT2D eigenvalue weighted by atomic mass is 16.4. The summed E-state index contributed by atoms with van der Waals surface area (Å²) in [4.78, 5) is 22.3. The molecule has 0 radical (unpaired) electrons. The highest BCUT2D eigenvalue weighted by Gasteiger charge is 2.54. The highest BCUT2D eigenvalue weighted by Crippen LogP contribution is 2.45. The Balaban J connectivity index is 3.38. The Labute approximate surface area is 86.9 Å². The van der Waals surface area contributed by atoms with E-state index in [-0.39, 0.29) is 5.70 Å². The summed E-state index contributed by atoms with van der Waals surface area (Å²) in [6, 6.07) is 0. The molecule has 0 amide bonds. The Hall–Kier alpha value is -1.78. The molecule has 82 valence electrons. The van der Waals surface area contributed by atoms with E-state index < -0.39 is 22.8 Å². The molecule has 0 saturated heterocycles. The summed E-state index contributed by atoms with van der Waals surface area (Å²) in [6.07, 6.45) is 4.00. The second-order valence-electron chi connectivity index (χ2n) is 3.99. The van der Waals surface area contributed by atoms with Crippen LogP contribution in [0.15, 0.2) is 23.9 Å². The van der Waals surface area contributed by atoms with Crippen LogP contribution in [0.5, 0.6) is 0 Å². The molecule has 2 atom stereocenters. The normalized spacial score (nSPS) is 34.7. The van der Waals surface area contributed by atoms with Crippen molar-refractivity contribution in [2.24, 2.45) is 16.6 Å². The summed E-state index contributed by atoms with van der Waals surface area (Å²) < 4.78 is 0. The fourth-order valence-electron chi connectivity index (χ4n) is 1.54. The number of rotatable bonds is 2. The molecule has 0 aliphatic heterocycles. The van der Waals surface area contributed by atoms with Gasteiger partial charge in [0.25, 0.3) is 0 Å². The van der Waals surface area contributed by atoms with Crippen molar-refractivity contribution in [3.8, 4) is 0 Å². The molecule has 5 heteroatoms. The van der Waals surface area contributed by atoms with Crippen LogP contribution in [0.1, 0.15) is 13.8 Å². The highest BCUT2D eigenvalue weighted by molar-refractivity contribution is 5.90. The predicted molar refractivity (Wildman–Crippen MR) is 52.9 cm³/mol. The Morgan fingerprint density at radius 1 is 1.20 bits per heavy atom. The molecule has 0 heterocycles. The van der Waals surface area contributed by atoms with Crippen LogP contribution in [0.2, 0.25) is 0 Å². The van der Waals surface area contributed by atoms with Crippen molar-refractivity contribution in [3.05, 3.63) is 23.9 Å². The van der Waals surface area contributed by atoms with Gasteiger partial charge < -0.3 is 15.9 Å². The predicted octanol–water partition coefficient (Wildman–Crippen LogP) is 0.581. The van der Waals surface area contributed by atoms with Gasteiger partial charge in [-0.25, -0.2) is 0 Å². The van der Waals surface area contributed by atoms with Gasteiger partial charge in [0.2, 0.25) is 0 Å². The van der Waals surface area contributed by atoms with E-state index in [1.807, 2.05) is 0 Å². The van der Waals surface area contributed by atoms with Crippen molar-refractivity contribution in [1.82, 2.24) is 0 Å². The van der Waals surface area contributed by atoms with E-state index in [0.717, 1.165) is 0 Å². The van der Waals surface area contributed by atoms with E-state index in [4.69, 9.17) is 15.9 Å². The maximum atomic E-state index is 11.1. The minimum atomic E-state index is -1.53. The molecule has 0 aromatic carbocycles. The third-order valence-electron chi connectivity index (χ3n) is 3.03. The number of hydrogen-bond acceptors (Lipinski definition) is 3. The van der Waals surface area contributed by atoms with Crippen molar-refractivity contribution in [1.29, 1.82) is 0 Å². The minimum Gasteiger partial charge on any atom is -0.481 e. The van der Waals surface area contributed by atoms with Gasteiger partial charge in [-0.15, -0.1) is 0 Å². The van der Waals surface area contributed by atoms with Gasteiger partial charge in [-0.1, -0.05) is 6.08 Å². The topological polar surface area (TPSA) is 101 Å². The summed E-state index contributed by atoms with van der Waals surface area (Å²) in [5.41, 5.74) is 2.74. The molecule has 1 aliphatic rings. The first-order valence-electron chi connectivity index (χ1n) is 4.38. The second-order valence-corrected chi connectivity index (χ2v) is 3.99. The molecule has 0 fully saturated rings. The molecule has 4 N–H and O–H groups in total. The van der Waals surface area contributed by atoms with E-state index in [0.29, 0.717) is 0 Å². The molecule has 15 heavy (non-hydrogen) atoms. The first-order chi connectivity index (χ1) is 6.74. The Morgan fingerprint density at radius 2 is 1.67 bits per heavy atom. The molecule has 5 nitrogen and oxygen atoms in total. The Morgan fingerprint density at radius 3 is 2.07 bits per heavy atom. The van der Waals surface area contributed by atoms with Gasteiger partial charge in [0.15, 0.2) is 0 Å². The summed E-state index contributed by atoms with van der Waals surface area (Å²) in [5.74, 6) is -2.40. The number of carbonyl (C=O) groups is 2. The largest absolute Gasteiger partial charge is 0.481 e. The van der Waals surface area contributed by atoms with Gasteiger partial charge in [0.1, 0.15) is 10.8 Å². The zero-order valence-electron chi connectivity index (χ0n) is 8.52. The summed E-state index contributed by atoms with van der Waals surface area (Å²) in [6.45, 7) is 2.71. The van der Waals surface area contributed by atoms with E-state index in [2.05, 4.69) is 0 Å². The average Bonchev–Trinajstić information content (AvgIpc) is 2.11. The molecule has 1 aliphatic carbocycles. The van der Waals surface area contributed by atoms with E-state index >= 15 is 0 Å². The van der Waals surface area contributed by atoms with E-state index in [1.165, 1.54) is 32.1 Å². The van der Waals surface area contributed by atoms with Crippen molar-refractivity contribution in [3.63, 3.8) is 0 Å². The van der Waals surface area contributed by atoms with Crippen molar-refractivity contribution < 1.29 is 19.8 Å². The fraction of sp³-hybridized carbons (Fsp3) is 0.400. The first-order valence-corrected chi connectivity index (χ1v) is 4.38. The molecule has 0 aromatic heterocycles. The van der Waals surface area contributed by atoms with Crippen molar-refractivity contribution in [2.45, 2.75) is 13.8 Å². The fourth-order valence-corrected chi connectivity index (χ4v) is 1.54. The minimum absolute atomic E-state index is 0.263. The van der Waals surface area contributed by atoms with Gasteiger partial charge in [0.05, 0.1) is 0 Å². The van der Waals surface area contributed by atoms with Crippen LogP contribution in [-0.4, -0.2) is 22.2 Å². The maximum Gasteiger partial charge on any atom is 0.314 e. The lowest BCUT2D eigenvalue weighted by molar-refractivity contribution is -0.163. The molecule has 0 bridgehead atoms. The number of allylic oxidation sites excluding steroid dienone is 1. The van der Waals surface area contributed by atoms with E-state index in [1.54, 1.807) is 0 Å². The molecule has 0 aromatic rings. The van der Waals surface area contributed by atoms with Crippen LogP contribution >= 0.6 is 0 Å². The van der Waals surface area contributed by atoms with Gasteiger partial charge in [-0.05, 0) is 26.0 Å². The summed E-state index contributed by atoms with van der Waals surface area (Å²) in [7, 11) is 0.